The maximum absolute atomic E-state index is 11.2. The minimum absolute atomic E-state index is 0.0160. The molecular formula is C25H32O4S. The third-order valence-corrected chi connectivity index (χ3v) is 6.23. The highest BCUT2D eigenvalue weighted by molar-refractivity contribution is 7.99. The Labute approximate surface area is 183 Å². The molecule has 162 valence electrons. The van der Waals surface area contributed by atoms with Gasteiger partial charge in [0.25, 0.3) is 0 Å². The number of hydrogen-bond acceptors (Lipinski definition) is 3. The minimum Gasteiger partial charge on any atom is -0.481 e. The molecule has 30 heavy (non-hydrogen) atoms. The third kappa shape index (κ3) is 9.49. The van der Waals surface area contributed by atoms with E-state index < -0.39 is 11.9 Å². The molecule has 0 spiro atoms. The van der Waals surface area contributed by atoms with Crippen LogP contribution in [-0.2, 0) is 28.9 Å². The molecule has 4 nitrogen and oxygen atoms in total. The smallest absolute Gasteiger partial charge is 0.307 e. The molecule has 0 saturated carbocycles. The summed E-state index contributed by atoms with van der Waals surface area (Å²) in [7, 11) is 0. The molecule has 0 aliphatic rings. The number of hydrogen-bond donors (Lipinski definition) is 2. The van der Waals surface area contributed by atoms with Gasteiger partial charge >= 0.3 is 11.9 Å². The summed E-state index contributed by atoms with van der Waals surface area (Å²) in [5.74, 6) is -1.14. The second-order valence-electron chi connectivity index (χ2n) is 7.56. The normalized spacial score (nSPS) is 10.8. The fourth-order valence-corrected chi connectivity index (χ4v) is 4.67. The monoisotopic (exact) mass is 428 g/mol. The Balaban J connectivity index is 1.76. The third-order valence-electron chi connectivity index (χ3n) is 5.13. The van der Waals surface area contributed by atoms with E-state index in [4.69, 9.17) is 5.11 Å². The van der Waals surface area contributed by atoms with Crippen LogP contribution in [-0.4, -0.2) is 27.9 Å². The summed E-state index contributed by atoms with van der Waals surface area (Å²) >= 11 is 1.52. The molecule has 0 aromatic heterocycles. The van der Waals surface area contributed by atoms with Crippen molar-refractivity contribution in [1.29, 1.82) is 0 Å². The first-order valence-corrected chi connectivity index (χ1v) is 11.8. The van der Waals surface area contributed by atoms with Crippen LogP contribution in [0.15, 0.2) is 53.4 Å². The van der Waals surface area contributed by atoms with E-state index in [2.05, 4.69) is 24.3 Å². The second-order valence-corrected chi connectivity index (χ2v) is 8.70. The van der Waals surface area contributed by atoms with Crippen LogP contribution >= 0.6 is 11.8 Å². The molecule has 2 aromatic carbocycles. The molecule has 0 saturated heterocycles. The van der Waals surface area contributed by atoms with Gasteiger partial charge in [-0.05, 0) is 48.4 Å². The largest absolute Gasteiger partial charge is 0.481 e. The van der Waals surface area contributed by atoms with Gasteiger partial charge in [-0.2, -0.15) is 0 Å². The van der Waals surface area contributed by atoms with Crippen LogP contribution in [0.1, 0.15) is 61.6 Å². The molecule has 0 aliphatic carbocycles. The lowest BCUT2D eigenvalue weighted by Gasteiger charge is -2.14. The molecule has 0 unspecified atom stereocenters. The summed E-state index contributed by atoms with van der Waals surface area (Å²) in [6, 6.07) is 16.3. The summed E-state index contributed by atoms with van der Waals surface area (Å²) in [6.45, 7) is 0. The van der Waals surface area contributed by atoms with E-state index in [1.807, 2.05) is 24.3 Å². The zero-order valence-electron chi connectivity index (χ0n) is 17.5. The fourth-order valence-electron chi connectivity index (χ4n) is 3.59. The fraction of sp³-hybridized carbons (Fsp3) is 0.440. The van der Waals surface area contributed by atoms with E-state index in [0.29, 0.717) is 5.75 Å². The van der Waals surface area contributed by atoms with Crippen molar-refractivity contribution in [3.05, 3.63) is 65.2 Å². The topological polar surface area (TPSA) is 74.6 Å². The minimum atomic E-state index is -0.831. The van der Waals surface area contributed by atoms with Crippen molar-refractivity contribution in [3.63, 3.8) is 0 Å². The maximum atomic E-state index is 11.2. The van der Waals surface area contributed by atoms with Gasteiger partial charge < -0.3 is 10.2 Å². The molecule has 0 heterocycles. The Morgan fingerprint density at radius 2 is 1.40 bits per heavy atom. The van der Waals surface area contributed by atoms with Crippen molar-refractivity contribution in [2.24, 2.45) is 0 Å². The van der Waals surface area contributed by atoms with Crippen LogP contribution < -0.4 is 0 Å². The standard InChI is InChI=1S/C25H32O4S/c26-24(27)17-18-30-23-16-10-14-21(19-25(28)29)22(23)15-9-4-2-1-3-6-11-20-12-7-5-8-13-20/h5,7-8,10,12-14,16H,1-4,6,9,11,15,17-19H2,(H,26,27)(H,28,29). The molecular weight excluding hydrogens is 396 g/mol. The molecule has 0 fully saturated rings. The summed E-state index contributed by atoms with van der Waals surface area (Å²) in [6.07, 6.45) is 9.15. The van der Waals surface area contributed by atoms with Crippen LogP contribution in [0.2, 0.25) is 0 Å². The molecule has 2 aromatic rings. The number of rotatable bonds is 15. The van der Waals surface area contributed by atoms with Gasteiger partial charge in [0.1, 0.15) is 0 Å². The van der Waals surface area contributed by atoms with Gasteiger partial charge in [0.05, 0.1) is 12.8 Å². The highest BCUT2D eigenvalue weighted by atomic mass is 32.2. The number of carboxylic acids is 2. The Bertz CT molecular complexity index is 789. The van der Waals surface area contributed by atoms with Crippen LogP contribution in [0, 0.1) is 0 Å². The summed E-state index contributed by atoms with van der Waals surface area (Å²) in [5.41, 5.74) is 3.34. The predicted octanol–water partition coefficient (Wildman–Crippen LogP) is 6.01. The average molecular weight is 429 g/mol. The molecule has 2 N–H and O–H groups in total. The number of carbonyl (C=O) groups is 2. The van der Waals surface area contributed by atoms with E-state index in [-0.39, 0.29) is 12.8 Å². The number of thioether (sulfide) groups is 1. The Morgan fingerprint density at radius 3 is 2.07 bits per heavy atom. The first-order valence-electron chi connectivity index (χ1n) is 10.8. The lowest BCUT2D eigenvalue weighted by Crippen LogP contribution is -2.05. The highest BCUT2D eigenvalue weighted by Crippen LogP contribution is 2.28. The lowest BCUT2D eigenvalue weighted by molar-refractivity contribution is -0.137. The number of aryl methyl sites for hydroxylation is 1. The molecule has 0 aliphatic heterocycles. The maximum Gasteiger partial charge on any atom is 0.307 e. The van der Waals surface area contributed by atoms with Crippen molar-refractivity contribution < 1.29 is 19.8 Å². The van der Waals surface area contributed by atoms with E-state index in [1.165, 1.54) is 43.0 Å². The van der Waals surface area contributed by atoms with Crippen LogP contribution in [0.5, 0.6) is 0 Å². The number of benzene rings is 2. The Hall–Kier alpha value is -2.27. The lowest BCUT2D eigenvalue weighted by atomic mass is 9.98. The van der Waals surface area contributed by atoms with Crippen LogP contribution in [0.25, 0.3) is 0 Å². The summed E-state index contributed by atoms with van der Waals surface area (Å²) in [4.78, 5) is 23.1. The number of unbranched alkanes of at least 4 members (excludes halogenated alkanes) is 5. The Kier molecular flexibility index (Phi) is 11.1. The Morgan fingerprint density at radius 1 is 0.733 bits per heavy atom. The van der Waals surface area contributed by atoms with Gasteiger partial charge in [0, 0.05) is 10.6 Å². The molecule has 0 atom stereocenters. The zero-order chi connectivity index (χ0) is 21.6. The van der Waals surface area contributed by atoms with Crippen molar-refractivity contribution in [2.45, 2.75) is 69.1 Å². The van der Waals surface area contributed by atoms with E-state index >= 15 is 0 Å². The van der Waals surface area contributed by atoms with Crippen molar-refractivity contribution in [2.75, 3.05) is 5.75 Å². The number of aliphatic carboxylic acids is 2. The van der Waals surface area contributed by atoms with Crippen molar-refractivity contribution in [1.82, 2.24) is 0 Å². The molecule has 5 heteroatoms. The first-order chi connectivity index (χ1) is 14.6. The zero-order valence-corrected chi connectivity index (χ0v) is 18.3. The van der Waals surface area contributed by atoms with Crippen molar-refractivity contribution >= 4 is 23.7 Å². The van der Waals surface area contributed by atoms with Crippen LogP contribution in [0.3, 0.4) is 0 Å². The van der Waals surface area contributed by atoms with Gasteiger partial charge in [-0.1, -0.05) is 68.1 Å². The predicted molar refractivity (Wildman–Crippen MR) is 122 cm³/mol. The average Bonchev–Trinajstić information content (AvgIpc) is 2.71. The van der Waals surface area contributed by atoms with Crippen LogP contribution in [0.4, 0.5) is 0 Å². The van der Waals surface area contributed by atoms with Gasteiger partial charge in [0.15, 0.2) is 0 Å². The van der Waals surface area contributed by atoms with Crippen molar-refractivity contribution in [3.8, 4) is 0 Å². The molecule has 0 radical (unpaired) electrons. The number of carboxylic acid groups (broad SMARTS) is 2. The van der Waals surface area contributed by atoms with Gasteiger partial charge in [-0.25, -0.2) is 0 Å². The summed E-state index contributed by atoms with van der Waals surface area (Å²) < 4.78 is 0. The second kappa shape index (κ2) is 13.9. The highest BCUT2D eigenvalue weighted by Gasteiger charge is 2.12. The first kappa shape index (κ1) is 24.0. The molecule has 2 rings (SSSR count). The molecule has 0 bridgehead atoms. The van der Waals surface area contributed by atoms with Gasteiger partial charge in [-0.15, -0.1) is 11.8 Å². The van der Waals surface area contributed by atoms with E-state index in [0.717, 1.165) is 41.7 Å². The van der Waals surface area contributed by atoms with E-state index in [1.54, 1.807) is 0 Å². The quantitative estimate of drug-likeness (QED) is 0.268. The SMILES string of the molecule is O=C(O)CCSc1cccc(CC(=O)O)c1CCCCCCCCc1ccccc1. The summed E-state index contributed by atoms with van der Waals surface area (Å²) in [5, 5.41) is 18.1. The molecule has 0 amide bonds. The van der Waals surface area contributed by atoms with E-state index in [9.17, 15) is 14.7 Å². The van der Waals surface area contributed by atoms with Gasteiger partial charge in [0.2, 0.25) is 0 Å². The van der Waals surface area contributed by atoms with Gasteiger partial charge in [-0.3, -0.25) is 9.59 Å².